The van der Waals surface area contributed by atoms with Crippen LogP contribution in [0.3, 0.4) is 0 Å². The summed E-state index contributed by atoms with van der Waals surface area (Å²) in [6.45, 7) is 5.09. The Morgan fingerprint density at radius 2 is 2.04 bits per heavy atom. The van der Waals surface area contributed by atoms with Crippen LogP contribution in [-0.2, 0) is 13.0 Å². The summed E-state index contributed by atoms with van der Waals surface area (Å²) >= 11 is 0. The van der Waals surface area contributed by atoms with Gasteiger partial charge in [0, 0.05) is 55.6 Å². The van der Waals surface area contributed by atoms with Crippen LogP contribution in [0, 0.1) is 0 Å². The van der Waals surface area contributed by atoms with Gasteiger partial charge < -0.3 is 20.1 Å². The third-order valence-electron chi connectivity index (χ3n) is 5.62. The molecule has 0 saturated carbocycles. The molecule has 0 unspecified atom stereocenters. The van der Waals surface area contributed by atoms with Gasteiger partial charge in [-0.1, -0.05) is 6.42 Å². The van der Waals surface area contributed by atoms with Gasteiger partial charge in [0.25, 0.3) is 11.8 Å². The summed E-state index contributed by atoms with van der Waals surface area (Å²) in [5.41, 5.74) is 3.27. The molecule has 4 rings (SSSR count). The zero-order valence-electron chi connectivity index (χ0n) is 16.1. The number of aromatic amines is 1. The molecule has 3 heterocycles. The highest BCUT2D eigenvalue weighted by atomic mass is 16.2. The standard InChI is InChI=1S/C21H27N5O2/c27-20(23-7-6-18-13-22-15-24-18)16-4-5-19-17(12-16)14-26(21(19)28)11-10-25-8-2-1-3-9-25/h4-5,12-13,15H,1-3,6-11,14H2,(H,22,24)(H,23,27). The predicted molar refractivity (Wildman–Crippen MR) is 106 cm³/mol. The van der Waals surface area contributed by atoms with Crippen molar-refractivity contribution < 1.29 is 9.59 Å². The van der Waals surface area contributed by atoms with Crippen molar-refractivity contribution >= 4 is 11.8 Å². The number of nitrogens with one attached hydrogen (secondary N) is 2. The Hall–Kier alpha value is -2.67. The molecule has 2 aromatic rings. The Morgan fingerprint density at radius 1 is 1.18 bits per heavy atom. The van der Waals surface area contributed by atoms with Gasteiger partial charge in [-0.25, -0.2) is 4.98 Å². The van der Waals surface area contributed by atoms with Gasteiger partial charge in [-0.2, -0.15) is 0 Å². The van der Waals surface area contributed by atoms with Crippen LogP contribution in [0.25, 0.3) is 0 Å². The molecular weight excluding hydrogens is 354 g/mol. The highest BCUT2D eigenvalue weighted by Crippen LogP contribution is 2.24. The Balaban J connectivity index is 1.31. The van der Waals surface area contributed by atoms with Gasteiger partial charge >= 0.3 is 0 Å². The van der Waals surface area contributed by atoms with Crippen LogP contribution in [0.1, 0.15) is 51.2 Å². The number of imidazole rings is 1. The molecule has 0 radical (unpaired) electrons. The van der Waals surface area contributed by atoms with E-state index >= 15 is 0 Å². The van der Waals surface area contributed by atoms with E-state index in [-0.39, 0.29) is 11.8 Å². The summed E-state index contributed by atoms with van der Waals surface area (Å²) < 4.78 is 0. The number of carbonyl (C=O) groups excluding carboxylic acids is 2. The number of nitrogens with zero attached hydrogens (tertiary/aromatic N) is 3. The third-order valence-corrected chi connectivity index (χ3v) is 5.62. The molecule has 0 bridgehead atoms. The van der Waals surface area contributed by atoms with E-state index < -0.39 is 0 Å². The largest absolute Gasteiger partial charge is 0.352 e. The number of hydrogen-bond acceptors (Lipinski definition) is 4. The van der Waals surface area contributed by atoms with Gasteiger partial charge in [0.15, 0.2) is 0 Å². The third kappa shape index (κ3) is 4.25. The van der Waals surface area contributed by atoms with E-state index in [1.165, 1.54) is 19.3 Å². The van der Waals surface area contributed by atoms with E-state index in [1.54, 1.807) is 24.7 Å². The number of benzene rings is 1. The highest BCUT2D eigenvalue weighted by Gasteiger charge is 2.28. The molecule has 7 nitrogen and oxygen atoms in total. The normalized spacial score (nSPS) is 17.0. The van der Waals surface area contributed by atoms with E-state index in [0.29, 0.717) is 25.1 Å². The first-order valence-electron chi connectivity index (χ1n) is 10.1. The summed E-state index contributed by atoms with van der Waals surface area (Å²) in [6.07, 6.45) is 7.92. The van der Waals surface area contributed by atoms with Crippen LogP contribution in [0.4, 0.5) is 0 Å². The van der Waals surface area contributed by atoms with Gasteiger partial charge in [-0.3, -0.25) is 9.59 Å². The second-order valence-electron chi connectivity index (χ2n) is 7.58. The summed E-state index contributed by atoms with van der Waals surface area (Å²) in [6, 6.07) is 5.40. The van der Waals surface area contributed by atoms with Crippen LogP contribution in [-0.4, -0.2) is 64.3 Å². The molecule has 1 saturated heterocycles. The van der Waals surface area contributed by atoms with Crippen molar-refractivity contribution in [2.75, 3.05) is 32.7 Å². The monoisotopic (exact) mass is 381 g/mol. The van der Waals surface area contributed by atoms with Gasteiger partial charge in [0.2, 0.25) is 0 Å². The van der Waals surface area contributed by atoms with Gasteiger partial charge in [-0.15, -0.1) is 0 Å². The summed E-state index contributed by atoms with van der Waals surface area (Å²) in [4.78, 5) is 36.4. The number of H-pyrrole nitrogens is 1. The molecule has 2 aliphatic heterocycles. The first-order valence-corrected chi connectivity index (χ1v) is 10.1. The van der Waals surface area contributed by atoms with Crippen molar-refractivity contribution in [3.63, 3.8) is 0 Å². The number of fused-ring (bicyclic) bond motifs is 1. The zero-order chi connectivity index (χ0) is 19.3. The van der Waals surface area contributed by atoms with Crippen LogP contribution < -0.4 is 5.32 Å². The zero-order valence-corrected chi connectivity index (χ0v) is 16.1. The fourth-order valence-corrected chi connectivity index (χ4v) is 3.98. The van der Waals surface area contributed by atoms with Crippen LogP contribution in [0.15, 0.2) is 30.7 Å². The van der Waals surface area contributed by atoms with E-state index in [9.17, 15) is 9.59 Å². The molecule has 7 heteroatoms. The van der Waals surface area contributed by atoms with Gasteiger partial charge in [0.1, 0.15) is 0 Å². The molecule has 1 aromatic carbocycles. The molecule has 1 aromatic heterocycles. The molecule has 28 heavy (non-hydrogen) atoms. The molecule has 2 aliphatic rings. The first-order chi connectivity index (χ1) is 13.7. The lowest BCUT2D eigenvalue weighted by Crippen LogP contribution is -2.38. The number of rotatable bonds is 7. The van der Waals surface area contributed by atoms with Crippen LogP contribution in [0.5, 0.6) is 0 Å². The van der Waals surface area contributed by atoms with E-state index in [0.717, 1.165) is 43.0 Å². The number of carbonyl (C=O) groups is 2. The van der Waals surface area contributed by atoms with Crippen molar-refractivity contribution in [1.29, 1.82) is 0 Å². The van der Waals surface area contributed by atoms with Gasteiger partial charge in [-0.05, 0) is 49.7 Å². The summed E-state index contributed by atoms with van der Waals surface area (Å²) in [7, 11) is 0. The maximum Gasteiger partial charge on any atom is 0.254 e. The average Bonchev–Trinajstić information content (AvgIpc) is 3.35. The quantitative estimate of drug-likeness (QED) is 0.767. The molecule has 0 atom stereocenters. The minimum absolute atomic E-state index is 0.0817. The number of hydrogen-bond donors (Lipinski definition) is 2. The Morgan fingerprint density at radius 3 is 2.82 bits per heavy atom. The highest BCUT2D eigenvalue weighted by molar-refractivity contribution is 6.01. The number of likely N-dealkylation sites (tertiary alicyclic amines) is 1. The van der Waals surface area contributed by atoms with Crippen LogP contribution >= 0.6 is 0 Å². The minimum Gasteiger partial charge on any atom is -0.352 e. The number of aromatic nitrogens is 2. The number of piperidine rings is 1. The molecule has 148 valence electrons. The average molecular weight is 381 g/mol. The van der Waals surface area contributed by atoms with Crippen molar-refractivity contribution in [3.05, 3.63) is 53.1 Å². The van der Waals surface area contributed by atoms with E-state index in [1.807, 2.05) is 11.0 Å². The molecule has 1 fully saturated rings. The van der Waals surface area contributed by atoms with Crippen molar-refractivity contribution in [2.24, 2.45) is 0 Å². The molecule has 2 amide bonds. The lowest BCUT2D eigenvalue weighted by Gasteiger charge is -2.28. The Kier molecular flexibility index (Phi) is 5.71. The van der Waals surface area contributed by atoms with Gasteiger partial charge in [0.05, 0.1) is 6.33 Å². The molecule has 0 aliphatic carbocycles. The van der Waals surface area contributed by atoms with E-state index in [2.05, 4.69) is 20.2 Å². The smallest absolute Gasteiger partial charge is 0.254 e. The van der Waals surface area contributed by atoms with Crippen molar-refractivity contribution in [3.8, 4) is 0 Å². The van der Waals surface area contributed by atoms with Crippen molar-refractivity contribution in [2.45, 2.75) is 32.2 Å². The Labute approximate surface area is 165 Å². The maximum atomic E-state index is 12.7. The second kappa shape index (κ2) is 8.56. The summed E-state index contributed by atoms with van der Waals surface area (Å²) in [5, 5.41) is 2.93. The molecule has 0 spiro atoms. The lowest BCUT2D eigenvalue weighted by molar-refractivity contribution is 0.0752. The second-order valence-corrected chi connectivity index (χ2v) is 7.58. The van der Waals surface area contributed by atoms with Crippen LogP contribution in [0.2, 0.25) is 0 Å². The lowest BCUT2D eigenvalue weighted by atomic mass is 10.1. The molecular formula is C21H27N5O2. The first kappa shape index (κ1) is 18.7. The Bertz CT molecular complexity index is 827. The number of amides is 2. The predicted octanol–water partition coefficient (Wildman–Crippen LogP) is 1.82. The summed E-state index contributed by atoms with van der Waals surface area (Å²) in [5.74, 6) is -0.0280. The SMILES string of the molecule is O=C(NCCc1cnc[nH]1)c1ccc2c(c1)CN(CCN1CCCCC1)C2=O. The van der Waals surface area contributed by atoms with Crippen molar-refractivity contribution in [1.82, 2.24) is 25.1 Å². The fourth-order valence-electron chi connectivity index (χ4n) is 3.98. The maximum absolute atomic E-state index is 12.7. The van der Waals surface area contributed by atoms with E-state index in [4.69, 9.17) is 0 Å². The fraction of sp³-hybridized carbons (Fsp3) is 0.476. The minimum atomic E-state index is -0.110. The molecule has 2 N–H and O–H groups in total. The topological polar surface area (TPSA) is 81.3 Å².